The maximum Gasteiger partial charge on any atom is 0.117 e. The molecule has 0 aliphatic rings. The van der Waals surface area contributed by atoms with Gasteiger partial charge in [0.15, 0.2) is 0 Å². The minimum atomic E-state index is 0.757. The molecule has 3 aromatic rings. The summed E-state index contributed by atoms with van der Waals surface area (Å²) < 4.78 is 3.13. The van der Waals surface area contributed by atoms with Gasteiger partial charge in [0.1, 0.15) is 5.82 Å². The Kier molecular flexibility index (Phi) is 2.80. The summed E-state index contributed by atoms with van der Waals surface area (Å²) in [7, 11) is 0. The highest BCUT2D eigenvalue weighted by Gasteiger charge is 2.06. The summed E-state index contributed by atoms with van der Waals surface area (Å²) in [6.45, 7) is 0. The van der Waals surface area contributed by atoms with Crippen LogP contribution in [0.15, 0.2) is 53.3 Å². The van der Waals surface area contributed by atoms with Gasteiger partial charge >= 0.3 is 0 Å². The number of nitrogen functional groups attached to an aromatic ring is 1. The fourth-order valence-electron chi connectivity index (χ4n) is 2.01. The highest BCUT2D eigenvalue weighted by Crippen LogP contribution is 2.18. The van der Waals surface area contributed by atoms with Gasteiger partial charge in [-0.3, -0.25) is 0 Å². The molecule has 2 aromatic heterocycles. The van der Waals surface area contributed by atoms with Crippen molar-refractivity contribution in [2.45, 2.75) is 6.42 Å². The number of benzene rings is 1. The Morgan fingerprint density at radius 1 is 1.17 bits per heavy atom. The highest BCUT2D eigenvalue weighted by atomic mass is 79.9. The maximum absolute atomic E-state index is 5.92. The normalized spacial score (nSPS) is 10.9. The van der Waals surface area contributed by atoms with Gasteiger partial charge in [-0.2, -0.15) is 0 Å². The van der Waals surface area contributed by atoms with Crippen LogP contribution in [-0.4, -0.2) is 9.38 Å². The molecule has 4 heteroatoms. The molecule has 0 fully saturated rings. The van der Waals surface area contributed by atoms with Gasteiger partial charge in [-0.05, 0) is 29.8 Å². The zero-order valence-electron chi connectivity index (χ0n) is 9.68. The van der Waals surface area contributed by atoms with Crippen LogP contribution in [0.1, 0.15) is 11.4 Å². The van der Waals surface area contributed by atoms with E-state index in [-0.39, 0.29) is 0 Å². The molecule has 0 saturated heterocycles. The molecule has 0 radical (unpaired) electrons. The van der Waals surface area contributed by atoms with Crippen molar-refractivity contribution >= 4 is 27.1 Å². The predicted octanol–water partition coefficient (Wildman–Crippen LogP) is 3.27. The van der Waals surface area contributed by atoms with Crippen LogP contribution in [0.2, 0.25) is 0 Å². The number of nitrogens with two attached hydrogens (primary N) is 1. The third-order valence-electron chi connectivity index (χ3n) is 2.96. The zero-order valence-corrected chi connectivity index (χ0v) is 11.3. The van der Waals surface area contributed by atoms with E-state index < -0.39 is 0 Å². The molecule has 3 nitrogen and oxygen atoms in total. The van der Waals surface area contributed by atoms with E-state index in [1.807, 2.05) is 41.1 Å². The van der Waals surface area contributed by atoms with Crippen molar-refractivity contribution in [1.29, 1.82) is 0 Å². The number of imidazole rings is 1. The summed E-state index contributed by atoms with van der Waals surface area (Å²) in [4.78, 5) is 4.45. The van der Waals surface area contributed by atoms with Crippen LogP contribution in [0, 0.1) is 0 Å². The Morgan fingerprint density at radius 3 is 2.72 bits per heavy atom. The number of nitrogens with zero attached hydrogens (tertiary/aromatic N) is 2. The first-order valence-electron chi connectivity index (χ1n) is 5.69. The van der Waals surface area contributed by atoms with Gasteiger partial charge in [-0.1, -0.05) is 28.1 Å². The van der Waals surface area contributed by atoms with Gasteiger partial charge < -0.3 is 10.1 Å². The number of anilines is 1. The molecule has 2 heterocycles. The second kappa shape index (κ2) is 4.46. The third-order valence-corrected chi connectivity index (χ3v) is 3.48. The van der Waals surface area contributed by atoms with Gasteiger partial charge in [0.25, 0.3) is 0 Å². The molecule has 0 aliphatic carbocycles. The van der Waals surface area contributed by atoms with Crippen LogP contribution < -0.4 is 5.73 Å². The molecule has 0 saturated carbocycles. The predicted molar refractivity (Wildman–Crippen MR) is 76.6 cm³/mol. The molecule has 0 aliphatic heterocycles. The summed E-state index contributed by atoms with van der Waals surface area (Å²) >= 11 is 3.44. The fourth-order valence-corrected chi connectivity index (χ4v) is 2.28. The average Bonchev–Trinajstić information content (AvgIpc) is 2.77. The molecular weight excluding hydrogens is 290 g/mol. The van der Waals surface area contributed by atoms with Crippen molar-refractivity contribution in [2.75, 3.05) is 5.73 Å². The van der Waals surface area contributed by atoms with Crippen LogP contribution in [-0.2, 0) is 6.42 Å². The Labute approximate surface area is 113 Å². The zero-order chi connectivity index (χ0) is 12.5. The van der Waals surface area contributed by atoms with E-state index >= 15 is 0 Å². The number of hydrogen-bond donors (Lipinski definition) is 1. The van der Waals surface area contributed by atoms with Crippen LogP contribution in [0.3, 0.4) is 0 Å². The monoisotopic (exact) mass is 301 g/mol. The van der Waals surface area contributed by atoms with Crippen molar-refractivity contribution < 1.29 is 0 Å². The minimum absolute atomic E-state index is 0.757. The average molecular weight is 302 g/mol. The highest BCUT2D eigenvalue weighted by molar-refractivity contribution is 9.10. The molecule has 0 atom stereocenters. The molecule has 0 bridgehead atoms. The smallest absolute Gasteiger partial charge is 0.117 e. The van der Waals surface area contributed by atoms with E-state index in [0.717, 1.165) is 27.9 Å². The molecular formula is C14H12BrN3. The molecule has 0 unspecified atom stereocenters. The second-order valence-corrected chi connectivity index (χ2v) is 5.11. The first-order valence-corrected chi connectivity index (χ1v) is 6.48. The van der Waals surface area contributed by atoms with Gasteiger partial charge in [0, 0.05) is 17.1 Å². The largest absolute Gasteiger partial charge is 0.397 e. The lowest BCUT2D eigenvalue weighted by Crippen LogP contribution is -1.97. The van der Waals surface area contributed by atoms with Gasteiger partial charge in [0.05, 0.1) is 17.4 Å². The lowest BCUT2D eigenvalue weighted by Gasteiger charge is -2.03. The van der Waals surface area contributed by atoms with Gasteiger partial charge in [0.2, 0.25) is 0 Å². The van der Waals surface area contributed by atoms with E-state index in [1.165, 1.54) is 5.56 Å². The molecule has 1 aromatic carbocycles. The summed E-state index contributed by atoms with van der Waals surface area (Å²) in [6.07, 6.45) is 4.61. The SMILES string of the molecule is Nc1cccn2c(Cc3ccc(Br)cc3)ncc12. The number of halogens is 1. The van der Waals surface area contributed by atoms with Crippen molar-refractivity contribution in [3.05, 3.63) is 64.7 Å². The quantitative estimate of drug-likeness (QED) is 0.789. The first-order chi connectivity index (χ1) is 8.74. The Hall–Kier alpha value is -1.81. The maximum atomic E-state index is 5.92. The lowest BCUT2D eigenvalue weighted by atomic mass is 10.1. The van der Waals surface area contributed by atoms with E-state index in [9.17, 15) is 0 Å². The summed E-state index contributed by atoms with van der Waals surface area (Å²) in [5.41, 5.74) is 8.86. The standard InChI is InChI=1S/C14H12BrN3/c15-11-5-3-10(4-6-11)8-14-17-9-13-12(16)2-1-7-18(13)14/h1-7,9H,8,16H2. The molecule has 18 heavy (non-hydrogen) atoms. The number of fused-ring (bicyclic) bond motifs is 1. The van der Waals surface area contributed by atoms with E-state index in [2.05, 4.69) is 33.0 Å². The number of pyridine rings is 1. The van der Waals surface area contributed by atoms with Crippen molar-refractivity contribution in [1.82, 2.24) is 9.38 Å². The summed E-state index contributed by atoms with van der Waals surface area (Å²) in [5, 5.41) is 0. The Balaban J connectivity index is 2.00. The Bertz CT molecular complexity index is 686. The summed E-state index contributed by atoms with van der Waals surface area (Å²) in [5.74, 6) is 1.000. The minimum Gasteiger partial charge on any atom is -0.397 e. The van der Waals surface area contributed by atoms with Crippen LogP contribution >= 0.6 is 15.9 Å². The van der Waals surface area contributed by atoms with E-state index in [0.29, 0.717) is 0 Å². The summed E-state index contributed by atoms with van der Waals surface area (Å²) in [6, 6.07) is 12.1. The molecule has 0 spiro atoms. The number of rotatable bonds is 2. The van der Waals surface area contributed by atoms with Crippen LogP contribution in [0.25, 0.3) is 5.52 Å². The lowest BCUT2D eigenvalue weighted by molar-refractivity contribution is 0.962. The van der Waals surface area contributed by atoms with Crippen LogP contribution in [0.4, 0.5) is 5.69 Å². The molecule has 0 amide bonds. The van der Waals surface area contributed by atoms with Gasteiger partial charge in [-0.25, -0.2) is 4.98 Å². The second-order valence-electron chi connectivity index (χ2n) is 4.20. The van der Waals surface area contributed by atoms with Crippen molar-refractivity contribution in [2.24, 2.45) is 0 Å². The van der Waals surface area contributed by atoms with Gasteiger partial charge in [-0.15, -0.1) is 0 Å². The topological polar surface area (TPSA) is 43.3 Å². The fraction of sp³-hybridized carbons (Fsp3) is 0.0714. The molecule has 2 N–H and O–H groups in total. The number of aromatic nitrogens is 2. The van der Waals surface area contributed by atoms with Crippen molar-refractivity contribution in [3.8, 4) is 0 Å². The molecule has 3 rings (SSSR count). The van der Waals surface area contributed by atoms with E-state index in [4.69, 9.17) is 5.73 Å². The molecule has 90 valence electrons. The third kappa shape index (κ3) is 1.99. The first kappa shape index (κ1) is 11.3. The van der Waals surface area contributed by atoms with E-state index in [1.54, 1.807) is 0 Å². The number of hydrogen-bond acceptors (Lipinski definition) is 2. The Morgan fingerprint density at radius 2 is 1.94 bits per heavy atom. The van der Waals surface area contributed by atoms with Crippen LogP contribution in [0.5, 0.6) is 0 Å². The van der Waals surface area contributed by atoms with Crippen molar-refractivity contribution in [3.63, 3.8) is 0 Å².